The third-order valence-corrected chi connectivity index (χ3v) is 5.00. The van der Waals surface area contributed by atoms with Gasteiger partial charge < -0.3 is 14.8 Å². The highest BCUT2D eigenvalue weighted by Crippen LogP contribution is 2.32. The summed E-state index contributed by atoms with van der Waals surface area (Å²) in [4.78, 5) is 25.2. The Morgan fingerprint density at radius 3 is 2.93 bits per heavy atom. The number of nitrogens with zero attached hydrogens (tertiary/aromatic N) is 2. The number of hydrogen-bond donors (Lipinski definition) is 1. The van der Waals surface area contributed by atoms with Crippen molar-refractivity contribution in [3.8, 4) is 22.1 Å². The molecule has 1 N–H and O–H groups in total. The zero-order valence-electron chi connectivity index (χ0n) is 14.4. The standard InChI is InChI=1S/C19H17N3O4S/c23-18-7-5-14(17-3-1-10-27-17)21-22(18)9-2-8-20-19(24)13-4-6-15-16(11-13)26-12-25-15/h1,3-7,10-11H,2,8-9,12H2,(H,20,24). The minimum Gasteiger partial charge on any atom is -0.454 e. The van der Waals surface area contributed by atoms with Crippen LogP contribution in [0.5, 0.6) is 11.5 Å². The number of hydrogen-bond acceptors (Lipinski definition) is 6. The molecule has 8 heteroatoms. The number of benzene rings is 1. The number of ether oxygens (including phenoxy) is 2. The Bertz CT molecular complexity index is 1010. The minimum absolute atomic E-state index is 0.155. The maximum atomic E-state index is 12.2. The second-order valence-electron chi connectivity index (χ2n) is 5.93. The van der Waals surface area contributed by atoms with Crippen molar-refractivity contribution in [1.29, 1.82) is 0 Å². The molecule has 0 fully saturated rings. The van der Waals surface area contributed by atoms with Gasteiger partial charge in [0.2, 0.25) is 6.79 Å². The highest BCUT2D eigenvalue weighted by Gasteiger charge is 2.16. The lowest BCUT2D eigenvalue weighted by Crippen LogP contribution is -2.28. The van der Waals surface area contributed by atoms with Crippen molar-refractivity contribution in [2.45, 2.75) is 13.0 Å². The van der Waals surface area contributed by atoms with Crippen LogP contribution in [0.15, 0.2) is 52.6 Å². The van der Waals surface area contributed by atoms with Crippen molar-refractivity contribution in [2.24, 2.45) is 0 Å². The summed E-state index contributed by atoms with van der Waals surface area (Å²) in [7, 11) is 0. The number of carbonyl (C=O) groups is 1. The molecule has 2 aromatic heterocycles. The SMILES string of the molecule is O=C(NCCCn1nc(-c2cccs2)ccc1=O)c1ccc2c(c1)OCO2. The predicted molar refractivity (Wildman–Crippen MR) is 101 cm³/mol. The normalized spacial score (nSPS) is 12.1. The zero-order valence-corrected chi connectivity index (χ0v) is 15.2. The van der Waals surface area contributed by atoms with Crippen LogP contribution in [0.2, 0.25) is 0 Å². The van der Waals surface area contributed by atoms with E-state index in [9.17, 15) is 9.59 Å². The average molecular weight is 383 g/mol. The number of amides is 1. The van der Waals surface area contributed by atoms with Gasteiger partial charge in [-0.25, -0.2) is 4.68 Å². The molecule has 27 heavy (non-hydrogen) atoms. The summed E-state index contributed by atoms with van der Waals surface area (Å²) in [6.45, 7) is 1.04. The molecular weight excluding hydrogens is 366 g/mol. The molecule has 0 saturated heterocycles. The Labute approximate surface area is 159 Å². The van der Waals surface area contributed by atoms with Crippen LogP contribution in [0, 0.1) is 0 Å². The van der Waals surface area contributed by atoms with E-state index in [4.69, 9.17) is 9.47 Å². The molecule has 3 heterocycles. The fourth-order valence-corrected chi connectivity index (χ4v) is 3.43. The Balaban J connectivity index is 1.33. The van der Waals surface area contributed by atoms with E-state index in [2.05, 4.69) is 10.4 Å². The molecule has 0 radical (unpaired) electrons. The summed E-state index contributed by atoms with van der Waals surface area (Å²) < 4.78 is 11.9. The van der Waals surface area contributed by atoms with Crippen molar-refractivity contribution < 1.29 is 14.3 Å². The van der Waals surface area contributed by atoms with Crippen LogP contribution in [-0.4, -0.2) is 29.0 Å². The molecule has 0 unspecified atom stereocenters. The molecule has 3 aromatic rings. The number of fused-ring (bicyclic) bond motifs is 1. The van der Waals surface area contributed by atoms with E-state index in [0.717, 1.165) is 10.6 Å². The van der Waals surface area contributed by atoms with Gasteiger partial charge in [0.1, 0.15) is 5.69 Å². The van der Waals surface area contributed by atoms with Crippen LogP contribution in [0.4, 0.5) is 0 Å². The highest BCUT2D eigenvalue weighted by atomic mass is 32.1. The molecule has 0 saturated carbocycles. The van der Waals surface area contributed by atoms with Crippen LogP contribution >= 0.6 is 11.3 Å². The topological polar surface area (TPSA) is 82.5 Å². The number of nitrogens with one attached hydrogen (secondary N) is 1. The third-order valence-electron chi connectivity index (χ3n) is 4.11. The smallest absolute Gasteiger partial charge is 0.266 e. The van der Waals surface area contributed by atoms with Crippen LogP contribution < -0.4 is 20.3 Å². The average Bonchev–Trinajstić information content (AvgIpc) is 3.37. The molecule has 4 rings (SSSR count). The summed E-state index contributed by atoms with van der Waals surface area (Å²) in [5.41, 5.74) is 1.13. The van der Waals surface area contributed by atoms with E-state index in [-0.39, 0.29) is 18.3 Å². The molecule has 0 bridgehead atoms. The summed E-state index contributed by atoms with van der Waals surface area (Å²) in [6.07, 6.45) is 0.594. The first-order valence-electron chi connectivity index (χ1n) is 8.50. The Hall–Kier alpha value is -3.13. The maximum absolute atomic E-state index is 12.2. The molecule has 138 valence electrons. The largest absolute Gasteiger partial charge is 0.454 e. The number of aromatic nitrogens is 2. The molecule has 0 aliphatic carbocycles. The minimum atomic E-state index is -0.194. The number of carbonyl (C=O) groups excluding carboxylic acids is 1. The van der Waals surface area contributed by atoms with Gasteiger partial charge >= 0.3 is 0 Å². The van der Waals surface area contributed by atoms with E-state index in [1.54, 1.807) is 35.6 Å². The van der Waals surface area contributed by atoms with Crippen molar-refractivity contribution in [2.75, 3.05) is 13.3 Å². The second kappa shape index (κ2) is 7.63. The fraction of sp³-hybridized carbons (Fsp3) is 0.211. The zero-order chi connectivity index (χ0) is 18.6. The van der Waals surface area contributed by atoms with Crippen molar-refractivity contribution in [3.63, 3.8) is 0 Å². The summed E-state index contributed by atoms with van der Waals surface area (Å²) in [5, 5.41) is 9.22. The lowest BCUT2D eigenvalue weighted by atomic mass is 10.2. The lowest BCUT2D eigenvalue weighted by Gasteiger charge is -2.08. The van der Waals surface area contributed by atoms with Crippen LogP contribution in [-0.2, 0) is 6.54 Å². The van der Waals surface area contributed by atoms with Crippen molar-refractivity contribution in [1.82, 2.24) is 15.1 Å². The van der Waals surface area contributed by atoms with E-state index in [1.807, 2.05) is 17.5 Å². The lowest BCUT2D eigenvalue weighted by molar-refractivity contribution is 0.0952. The molecular formula is C19H17N3O4S. The first-order chi connectivity index (χ1) is 13.2. The Morgan fingerprint density at radius 1 is 1.19 bits per heavy atom. The summed E-state index contributed by atoms with van der Waals surface area (Å²) in [6, 6.07) is 12.2. The number of rotatable bonds is 6. The summed E-state index contributed by atoms with van der Waals surface area (Å²) in [5.74, 6) is 1.02. The second-order valence-corrected chi connectivity index (χ2v) is 6.88. The number of thiophene rings is 1. The van der Waals surface area contributed by atoms with Crippen molar-refractivity contribution >= 4 is 17.2 Å². The van der Waals surface area contributed by atoms with E-state index in [1.165, 1.54) is 10.7 Å². The Kier molecular flexibility index (Phi) is 4.88. The van der Waals surface area contributed by atoms with Gasteiger partial charge in [0.25, 0.3) is 11.5 Å². The van der Waals surface area contributed by atoms with Crippen LogP contribution in [0.25, 0.3) is 10.6 Å². The van der Waals surface area contributed by atoms with Gasteiger partial charge in [0.05, 0.1) is 4.88 Å². The molecule has 1 aliphatic rings. The van der Waals surface area contributed by atoms with Gasteiger partial charge in [-0.15, -0.1) is 11.3 Å². The van der Waals surface area contributed by atoms with E-state index in [0.29, 0.717) is 36.6 Å². The third kappa shape index (κ3) is 3.85. The quantitative estimate of drug-likeness (QED) is 0.662. The van der Waals surface area contributed by atoms with Gasteiger partial charge in [-0.05, 0) is 42.1 Å². The molecule has 0 spiro atoms. The first kappa shape index (κ1) is 17.3. The molecule has 1 aromatic carbocycles. The maximum Gasteiger partial charge on any atom is 0.266 e. The van der Waals surface area contributed by atoms with E-state index < -0.39 is 0 Å². The first-order valence-corrected chi connectivity index (χ1v) is 9.38. The van der Waals surface area contributed by atoms with Gasteiger partial charge in [-0.3, -0.25) is 9.59 Å². The molecule has 0 atom stereocenters. The Morgan fingerprint density at radius 2 is 2.07 bits per heavy atom. The van der Waals surface area contributed by atoms with Crippen molar-refractivity contribution in [3.05, 3.63) is 63.8 Å². The van der Waals surface area contributed by atoms with Crippen LogP contribution in [0.1, 0.15) is 16.8 Å². The highest BCUT2D eigenvalue weighted by molar-refractivity contribution is 7.13. The molecule has 7 nitrogen and oxygen atoms in total. The fourth-order valence-electron chi connectivity index (χ4n) is 2.74. The van der Waals surface area contributed by atoms with Crippen LogP contribution in [0.3, 0.4) is 0 Å². The van der Waals surface area contributed by atoms with Gasteiger partial charge in [0.15, 0.2) is 11.5 Å². The molecule has 1 aliphatic heterocycles. The molecule has 1 amide bonds. The monoisotopic (exact) mass is 383 g/mol. The van der Waals surface area contributed by atoms with Gasteiger partial charge in [-0.2, -0.15) is 5.10 Å². The van der Waals surface area contributed by atoms with Gasteiger partial charge in [-0.1, -0.05) is 6.07 Å². The predicted octanol–water partition coefficient (Wildman–Crippen LogP) is 2.52. The summed E-state index contributed by atoms with van der Waals surface area (Å²) >= 11 is 1.57. The van der Waals surface area contributed by atoms with E-state index >= 15 is 0 Å². The van der Waals surface area contributed by atoms with Gasteiger partial charge in [0, 0.05) is 24.7 Å². The number of aryl methyl sites for hydroxylation is 1.